The smallest absolute Gasteiger partial charge is 0.296 e. The van der Waals surface area contributed by atoms with E-state index in [4.69, 9.17) is 11.6 Å². The van der Waals surface area contributed by atoms with Gasteiger partial charge in [-0.1, -0.05) is 24.3 Å². The van der Waals surface area contributed by atoms with Gasteiger partial charge in [-0.05, 0) is 54.1 Å². The summed E-state index contributed by atoms with van der Waals surface area (Å²) in [5.41, 5.74) is -1.76. The van der Waals surface area contributed by atoms with Crippen LogP contribution in [0.4, 0.5) is 34.6 Å². The van der Waals surface area contributed by atoms with Crippen LogP contribution < -0.4 is 10.6 Å². The third kappa shape index (κ3) is 12.5. The molecule has 7 N–H and O–H groups in total. The minimum atomic E-state index is -4.96. The number of rotatable bonds is 10. The zero-order valence-electron chi connectivity index (χ0n) is 28.1. The number of aromatic nitrogens is 3. The Morgan fingerprint density at radius 1 is 0.556 bits per heavy atom. The summed E-state index contributed by atoms with van der Waals surface area (Å²) >= 11 is 5.98. The van der Waals surface area contributed by atoms with Gasteiger partial charge in [0.15, 0.2) is 5.75 Å². The van der Waals surface area contributed by atoms with Crippen molar-refractivity contribution in [1.29, 1.82) is 0 Å². The SMILES string of the molecule is O=S(=O)(O)c1ccc(S(=O)(=O)O)c(Nc2nc(Cl)nc(Nc3ccc(S(=O)(=O)O)c(N=Nc4cc(S(=O)(=O)O)c5ccccc5c4O)c3)n2)c1.[Na].[Na].[Na].[Na]. The molecule has 0 bridgehead atoms. The van der Waals surface area contributed by atoms with Gasteiger partial charge in [0.1, 0.15) is 26.1 Å². The van der Waals surface area contributed by atoms with Crippen molar-refractivity contribution in [3.8, 4) is 5.75 Å². The molecule has 0 atom stereocenters. The molecule has 0 aliphatic rings. The Hall–Kier alpha value is -0.920. The molecule has 0 saturated carbocycles. The zero-order chi connectivity index (χ0) is 36.8. The maximum absolute atomic E-state index is 12.1. The van der Waals surface area contributed by atoms with E-state index in [2.05, 4.69) is 35.8 Å². The molecule has 4 radical (unpaired) electrons. The number of hydrogen-bond donors (Lipinski definition) is 7. The van der Waals surface area contributed by atoms with Gasteiger partial charge in [-0.15, -0.1) is 10.2 Å². The molecule has 54 heavy (non-hydrogen) atoms. The van der Waals surface area contributed by atoms with E-state index >= 15 is 0 Å². The van der Waals surface area contributed by atoms with Crippen molar-refractivity contribution < 1.29 is 57.0 Å². The number of hydrogen-bond acceptors (Lipinski definition) is 16. The quantitative estimate of drug-likeness (QED) is 0.0602. The number of anilines is 4. The van der Waals surface area contributed by atoms with Crippen LogP contribution in [0.2, 0.25) is 5.28 Å². The fourth-order valence-electron chi connectivity index (χ4n) is 4.31. The molecular weight excluding hydrogens is 862 g/mol. The third-order valence-corrected chi connectivity index (χ3v) is 10.1. The van der Waals surface area contributed by atoms with Crippen LogP contribution in [0.1, 0.15) is 0 Å². The molecule has 29 heteroatoms. The van der Waals surface area contributed by atoms with E-state index in [9.17, 15) is 57.0 Å². The van der Waals surface area contributed by atoms with E-state index in [1.807, 2.05) is 0 Å². The van der Waals surface area contributed by atoms with Crippen LogP contribution >= 0.6 is 11.6 Å². The van der Waals surface area contributed by atoms with Crippen LogP contribution in [-0.2, 0) is 40.5 Å². The molecule has 0 aliphatic heterocycles. The van der Waals surface area contributed by atoms with Crippen molar-refractivity contribution in [2.24, 2.45) is 10.2 Å². The Balaban J connectivity index is 0.00000364. The predicted molar refractivity (Wildman–Crippen MR) is 196 cm³/mol. The summed E-state index contributed by atoms with van der Waals surface area (Å²) < 4.78 is 134. The normalized spacial score (nSPS) is 11.8. The average Bonchev–Trinajstić information content (AvgIpc) is 2.98. The minimum absolute atomic E-state index is 0. The molecule has 5 aromatic rings. The van der Waals surface area contributed by atoms with Crippen molar-refractivity contribution in [1.82, 2.24) is 15.0 Å². The topological polar surface area (TPSA) is 325 Å². The van der Waals surface area contributed by atoms with Crippen LogP contribution in [0.25, 0.3) is 10.8 Å². The number of phenols is 1. The van der Waals surface area contributed by atoms with Crippen molar-refractivity contribution in [2.45, 2.75) is 19.6 Å². The number of nitrogens with zero attached hydrogens (tertiary/aromatic N) is 5. The summed E-state index contributed by atoms with van der Waals surface area (Å²) in [6, 6.07) is 11.3. The number of nitrogens with one attached hydrogen (secondary N) is 2. The van der Waals surface area contributed by atoms with Crippen LogP contribution in [0, 0.1) is 0 Å². The predicted octanol–water partition coefficient (Wildman–Crippen LogP) is 2.75. The first-order chi connectivity index (χ1) is 23.1. The largest absolute Gasteiger partial charge is 0.505 e. The fraction of sp³-hybridized carbons (Fsp3) is 0. The number of aromatic hydroxyl groups is 1. The molecule has 0 aliphatic carbocycles. The molecule has 0 spiro atoms. The van der Waals surface area contributed by atoms with Gasteiger partial charge >= 0.3 is 0 Å². The van der Waals surface area contributed by atoms with Crippen LogP contribution in [-0.4, -0.2) is 190 Å². The molecule has 0 unspecified atom stereocenters. The number of halogens is 1. The molecule has 1 heterocycles. The maximum atomic E-state index is 12.1. The molecule has 0 saturated heterocycles. The standard InChI is InChI=1S/C25H18ClN7O13S4.4Na/c26-23-29-24(31-25(30-23)28-16-10-13(47(35,36)37)6-8-19(16)48(38,39)40)27-12-5-7-20(49(41,42)43)17(9-12)32-33-18-11-21(50(44,45)46)14-3-1-2-4-15(14)22(18)34;;;;/h1-11,34H,(H,35,36,37)(H,38,39,40)(H,41,42,43)(H,44,45,46)(H2,27,28,29,30,31);;;;. The van der Waals surface area contributed by atoms with Gasteiger partial charge in [-0.25, -0.2) is 0 Å². The van der Waals surface area contributed by atoms with Gasteiger partial charge in [0.25, 0.3) is 40.5 Å². The molecule has 4 aromatic carbocycles. The Morgan fingerprint density at radius 3 is 1.63 bits per heavy atom. The summed E-state index contributed by atoms with van der Waals surface area (Å²) in [5.74, 6) is -1.52. The zero-order valence-corrected chi connectivity index (χ0v) is 40.1. The molecule has 1 aromatic heterocycles. The van der Waals surface area contributed by atoms with E-state index in [-0.39, 0.29) is 135 Å². The molecule has 0 amide bonds. The maximum Gasteiger partial charge on any atom is 0.296 e. The molecule has 266 valence electrons. The fourth-order valence-corrected chi connectivity index (χ4v) is 6.92. The van der Waals surface area contributed by atoms with Gasteiger partial charge in [0.05, 0.1) is 10.6 Å². The first kappa shape index (κ1) is 51.1. The summed E-state index contributed by atoms with van der Waals surface area (Å²) in [6.07, 6.45) is 0. The number of azo groups is 1. The summed E-state index contributed by atoms with van der Waals surface area (Å²) in [7, 11) is -19.6. The van der Waals surface area contributed by atoms with Crippen molar-refractivity contribution in [2.75, 3.05) is 10.6 Å². The monoisotopic (exact) mass is 879 g/mol. The Bertz CT molecular complexity index is 2720. The van der Waals surface area contributed by atoms with Gasteiger partial charge in [-0.2, -0.15) is 48.6 Å². The second-order valence-corrected chi connectivity index (χ2v) is 15.7. The molecule has 20 nitrogen and oxygen atoms in total. The van der Waals surface area contributed by atoms with Gasteiger partial charge in [-0.3, -0.25) is 18.2 Å². The molecular formula is C25H18ClN7Na4O13S4. The summed E-state index contributed by atoms with van der Waals surface area (Å²) in [6.45, 7) is 0. The van der Waals surface area contributed by atoms with Crippen LogP contribution in [0.3, 0.4) is 0 Å². The van der Waals surface area contributed by atoms with E-state index in [1.165, 1.54) is 24.3 Å². The second-order valence-electron chi connectivity index (χ2n) is 9.73. The van der Waals surface area contributed by atoms with E-state index in [1.54, 1.807) is 0 Å². The first-order valence-corrected chi connectivity index (χ1v) is 19.1. The minimum Gasteiger partial charge on any atom is -0.505 e. The third-order valence-electron chi connectivity index (χ3n) is 6.38. The Labute approximate surface area is 400 Å². The van der Waals surface area contributed by atoms with E-state index in [0.717, 1.165) is 24.3 Å². The average molecular weight is 880 g/mol. The van der Waals surface area contributed by atoms with E-state index < -0.39 is 100 Å². The van der Waals surface area contributed by atoms with Crippen molar-refractivity contribution in [3.05, 3.63) is 72.0 Å². The van der Waals surface area contributed by atoms with Crippen LogP contribution in [0.15, 0.2) is 96.5 Å². The first-order valence-electron chi connectivity index (χ1n) is 12.9. The summed E-state index contributed by atoms with van der Waals surface area (Å²) in [4.78, 5) is 8.47. The summed E-state index contributed by atoms with van der Waals surface area (Å²) in [5, 5.41) is 22.5. The van der Waals surface area contributed by atoms with Gasteiger partial charge in [0.2, 0.25) is 17.2 Å². The number of phenolic OH excluding ortho intramolecular Hbond substituents is 1. The van der Waals surface area contributed by atoms with Gasteiger partial charge in [0, 0.05) is 135 Å². The molecule has 5 rings (SSSR count). The Kier molecular flexibility index (Phi) is 18.6. The van der Waals surface area contributed by atoms with Gasteiger partial charge < -0.3 is 15.7 Å². The van der Waals surface area contributed by atoms with Crippen molar-refractivity contribution in [3.63, 3.8) is 0 Å². The van der Waals surface area contributed by atoms with Crippen molar-refractivity contribution >= 4 is 216 Å². The second kappa shape index (κ2) is 19.7. The molecule has 0 fully saturated rings. The van der Waals surface area contributed by atoms with E-state index in [0.29, 0.717) is 18.2 Å². The number of fused-ring (bicyclic) bond motifs is 1. The number of benzene rings is 4. The Morgan fingerprint density at radius 2 is 1.07 bits per heavy atom. The van der Waals surface area contributed by atoms with Crippen LogP contribution in [0.5, 0.6) is 5.75 Å².